The fourth-order valence-electron chi connectivity index (χ4n) is 0.783. The number of nitrogens with zero attached hydrogens (tertiary/aromatic N) is 4. The van der Waals surface area contributed by atoms with E-state index in [0.29, 0.717) is 0 Å². The topological polar surface area (TPSA) is 49.4 Å². The summed E-state index contributed by atoms with van der Waals surface area (Å²) in [7, 11) is 0. The van der Waals surface area contributed by atoms with Crippen molar-refractivity contribution in [1.82, 2.24) is 0 Å². The Morgan fingerprint density at radius 3 is 3.18 bits per heavy atom. The van der Waals surface area contributed by atoms with Gasteiger partial charge in [0.05, 0.1) is 6.21 Å². The quantitative estimate of drug-likeness (QED) is 0.485. The van der Waals surface area contributed by atoms with Crippen LogP contribution in [-0.2, 0) is 0 Å². The Labute approximate surface area is 66.2 Å². The first-order valence-corrected chi connectivity index (χ1v) is 3.19. The largest absolute Gasteiger partial charge is 0.344 e. The number of aliphatic imine (C=N–C) groups is 4. The molecule has 2 aliphatic rings. The van der Waals surface area contributed by atoms with Crippen molar-refractivity contribution in [2.75, 3.05) is 0 Å². The predicted octanol–water partition coefficient (Wildman–Crippen LogP) is 0.772. The van der Waals surface area contributed by atoms with Crippen LogP contribution in [0.2, 0.25) is 0 Å². The lowest BCUT2D eigenvalue weighted by Crippen LogP contribution is -2.31. The lowest BCUT2D eigenvalue weighted by atomic mass is 10.3. The van der Waals surface area contributed by atoms with Crippen molar-refractivity contribution in [2.45, 2.75) is 5.92 Å². The maximum absolute atomic E-state index is 13.3. The van der Waals surface area contributed by atoms with E-state index < -0.39 is 5.92 Å². The van der Waals surface area contributed by atoms with E-state index in [4.69, 9.17) is 11.6 Å². The lowest BCUT2D eigenvalue weighted by Gasteiger charge is -2.13. The summed E-state index contributed by atoms with van der Waals surface area (Å²) in [6, 6.07) is 0. The van der Waals surface area contributed by atoms with Crippen LogP contribution in [0.4, 0.5) is 4.39 Å². The van der Waals surface area contributed by atoms with Gasteiger partial charge in [-0.15, -0.1) is 0 Å². The summed E-state index contributed by atoms with van der Waals surface area (Å²) >= 11 is 5.36. The smallest absolute Gasteiger partial charge is 0.232 e. The molecule has 4 nitrogen and oxygen atoms in total. The van der Waals surface area contributed by atoms with E-state index >= 15 is 0 Å². The van der Waals surface area contributed by atoms with Gasteiger partial charge in [0.1, 0.15) is 12.1 Å². The molecule has 1 unspecified atom stereocenters. The summed E-state index contributed by atoms with van der Waals surface area (Å²) < 4.78 is 13.3. The Kier molecular flexibility index (Phi) is 1.17. The summed E-state index contributed by atoms with van der Waals surface area (Å²) in [4.78, 5) is 13.9. The highest BCUT2D eigenvalue weighted by Crippen LogP contribution is 2.23. The molecule has 2 heterocycles. The molecule has 56 valence electrons. The van der Waals surface area contributed by atoms with Crippen LogP contribution >= 0.6 is 11.6 Å². The van der Waals surface area contributed by atoms with Gasteiger partial charge in [-0.3, -0.25) is 0 Å². The van der Waals surface area contributed by atoms with E-state index in [2.05, 4.69) is 20.0 Å². The number of alkyl halides is 1. The molecule has 0 saturated carbocycles. The highest BCUT2D eigenvalue weighted by Gasteiger charge is 2.39. The zero-order valence-electron chi connectivity index (χ0n) is 5.20. The van der Waals surface area contributed by atoms with Gasteiger partial charge in [0, 0.05) is 0 Å². The zero-order valence-corrected chi connectivity index (χ0v) is 5.96. The number of halogens is 2. The first-order chi connectivity index (χ1) is 5.21. The first-order valence-electron chi connectivity index (χ1n) is 2.81. The van der Waals surface area contributed by atoms with Crippen LogP contribution in [0, 0.1) is 0 Å². The average Bonchev–Trinajstić information content (AvgIpc) is 2.28. The van der Waals surface area contributed by atoms with Crippen LogP contribution < -0.4 is 0 Å². The molecule has 0 saturated heterocycles. The second-order valence-electron chi connectivity index (χ2n) is 1.99. The van der Waals surface area contributed by atoms with Gasteiger partial charge < -0.3 is 0 Å². The summed E-state index contributed by atoms with van der Waals surface area (Å²) in [5, 5.41) is -0.148. The maximum Gasteiger partial charge on any atom is 0.344 e. The van der Waals surface area contributed by atoms with Gasteiger partial charge in [-0.05, 0) is 11.6 Å². The molecule has 11 heavy (non-hydrogen) atoms. The second kappa shape index (κ2) is 1.94. The van der Waals surface area contributed by atoms with Crippen molar-refractivity contribution in [3.8, 4) is 0 Å². The molecule has 0 amide bonds. The monoisotopic (exact) mass is 172 g/mol. The Morgan fingerprint density at radius 2 is 2.36 bits per heavy atom. The standard InChI is InChI=1S/C5H2ClFN4/c6-4-8-1-3-5(7,11-4)10-2-9-3/h1-2H. The minimum absolute atomic E-state index is 0.0712. The Hall–Kier alpha value is -1.10. The fraction of sp³-hybridized carbons (Fsp3) is 0.200. The second-order valence-corrected chi connectivity index (χ2v) is 2.32. The average molecular weight is 173 g/mol. The van der Waals surface area contributed by atoms with E-state index in [1.807, 2.05) is 0 Å². The summed E-state index contributed by atoms with van der Waals surface area (Å²) in [5.74, 6) is -2.11. The predicted molar refractivity (Wildman–Crippen MR) is 41.5 cm³/mol. The molecule has 0 aliphatic carbocycles. The SMILES string of the molecule is FC12N=CN=C1C=NC(Cl)=N2. The molecule has 1 atom stereocenters. The molecule has 0 bridgehead atoms. The number of hydrogen-bond acceptors (Lipinski definition) is 4. The Balaban J connectivity index is 2.51. The van der Waals surface area contributed by atoms with Crippen LogP contribution in [0.25, 0.3) is 0 Å². The van der Waals surface area contributed by atoms with Gasteiger partial charge in [-0.2, -0.15) is 9.38 Å². The van der Waals surface area contributed by atoms with E-state index in [1.165, 1.54) is 6.21 Å². The number of amidine groups is 1. The third-order valence-electron chi connectivity index (χ3n) is 1.29. The number of fused-ring (bicyclic) bond motifs is 1. The third-order valence-corrected chi connectivity index (χ3v) is 1.47. The van der Waals surface area contributed by atoms with Gasteiger partial charge in [0.2, 0.25) is 5.29 Å². The normalized spacial score (nSPS) is 33.3. The minimum atomic E-state index is -2.11. The molecule has 2 aliphatic heterocycles. The van der Waals surface area contributed by atoms with Crippen molar-refractivity contribution >= 4 is 35.2 Å². The van der Waals surface area contributed by atoms with Crippen molar-refractivity contribution in [3.05, 3.63) is 0 Å². The van der Waals surface area contributed by atoms with Gasteiger partial charge in [0.15, 0.2) is 0 Å². The van der Waals surface area contributed by atoms with Crippen LogP contribution in [0.1, 0.15) is 0 Å². The summed E-state index contributed by atoms with van der Waals surface area (Å²) in [6.07, 6.45) is 2.31. The maximum atomic E-state index is 13.3. The van der Waals surface area contributed by atoms with Gasteiger partial charge in [-0.1, -0.05) is 0 Å². The molecule has 0 radical (unpaired) electrons. The highest BCUT2D eigenvalue weighted by atomic mass is 35.5. The Morgan fingerprint density at radius 1 is 1.55 bits per heavy atom. The third kappa shape index (κ3) is 0.883. The van der Waals surface area contributed by atoms with Crippen molar-refractivity contribution < 1.29 is 4.39 Å². The van der Waals surface area contributed by atoms with Crippen LogP contribution in [0.3, 0.4) is 0 Å². The number of rotatable bonds is 0. The molecule has 0 aromatic rings. The first kappa shape index (κ1) is 6.60. The molecule has 0 aromatic carbocycles. The summed E-state index contributed by atoms with van der Waals surface area (Å²) in [5.41, 5.74) is 0.0712. The zero-order chi connectivity index (χ0) is 7.90. The van der Waals surface area contributed by atoms with Gasteiger partial charge in [-0.25, -0.2) is 15.0 Å². The van der Waals surface area contributed by atoms with Crippen LogP contribution in [0.15, 0.2) is 20.0 Å². The molecular weight excluding hydrogens is 171 g/mol. The van der Waals surface area contributed by atoms with Crippen molar-refractivity contribution in [2.24, 2.45) is 20.0 Å². The fourth-order valence-corrected chi connectivity index (χ4v) is 0.944. The van der Waals surface area contributed by atoms with Gasteiger partial charge >= 0.3 is 5.92 Å². The summed E-state index contributed by atoms with van der Waals surface area (Å²) in [6.45, 7) is 0. The Bertz CT molecular complexity index is 318. The molecule has 0 spiro atoms. The van der Waals surface area contributed by atoms with E-state index in [0.717, 1.165) is 6.34 Å². The molecule has 0 N–H and O–H groups in total. The molecule has 0 fully saturated rings. The van der Waals surface area contributed by atoms with Crippen LogP contribution in [0.5, 0.6) is 0 Å². The van der Waals surface area contributed by atoms with Crippen molar-refractivity contribution in [3.63, 3.8) is 0 Å². The van der Waals surface area contributed by atoms with E-state index in [9.17, 15) is 4.39 Å². The van der Waals surface area contributed by atoms with E-state index in [-0.39, 0.29) is 11.0 Å². The molecular formula is C5H2ClFN4. The highest BCUT2D eigenvalue weighted by molar-refractivity contribution is 6.67. The van der Waals surface area contributed by atoms with Crippen molar-refractivity contribution in [1.29, 1.82) is 0 Å². The molecule has 6 heteroatoms. The lowest BCUT2D eigenvalue weighted by molar-refractivity contribution is 0.291. The van der Waals surface area contributed by atoms with Crippen LogP contribution in [-0.4, -0.2) is 29.5 Å². The molecule has 2 rings (SSSR count). The minimum Gasteiger partial charge on any atom is -0.232 e. The van der Waals surface area contributed by atoms with Gasteiger partial charge in [0.25, 0.3) is 0 Å². The van der Waals surface area contributed by atoms with E-state index in [1.54, 1.807) is 0 Å². The number of hydrogen-bond donors (Lipinski definition) is 0. The molecule has 0 aromatic heterocycles.